The third-order valence-corrected chi connectivity index (χ3v) is 4.09. The van der Waals surface area contributed by atoms with Gasteiger partial charge in [0.25, 0.3) is 0 Å². The van der Waals surface area contributed by atoms with E-state index in [9.17, 15) is 19.5 Å². The minimum atomic E-state index is -1.28. The summed E-state index contributed by atoms with van der Waals surface area (Å²) in [5.41, 5.74) is -0.785. The lowest BCUT2D eigenvalue weighted by Crippen LogP contribution is -2.52. The summed E-state index contributed by atoms with van der Waals surface area (Å²) in [6, 6.07) is 0. The summed E-state index contributed by atoms with van der Waals surface area (Å²) in [5, 5.41) is 16.6. The molecule has 1 rings (SSSR count). The zero-order valence-corrected chi connectivity index (χ0v) is 14.6. The first-order valence-corrected chi connectivity index (χ1v) is 8.35. The van der Waals surface area contributed by atoms with Gasteiger partial charge in [-0.2, -0.15) is 0 Å². The second-order valence-electron chi connectivity index (χ2n) is 5.90. The van der Waals surface area contributed by atoms with Gasteiger partial charge in [0.1, 0.15) is 5.54 Å². The monoisotopic (exact) mass is 341 g/mol. The number of anilines is 1. The number of carboxylic acid groups (broad SMARTS) is 1. The third-order valence-electron chi connectivity index (χ3n) is 3.29. The van der Waals surface area contributed by atoms with Crippen LogP contribution in [0, 0.1) is 5.92 Å². The van der Waals surface area contributed by atoms with Crippen molar-refractivity contribution in [2.45, 2.75) is 52.5 Å². The summed E-state index contributed by atoms with van der Waals surface area (Å²) in [6.07, 6.45) is 0.965. The average molecular weight is 341 g/mol. The summed E-state index contributed by atoms with van der Waals surface area (Å²) >= 11 is 1.23. The number of hydrogen-bond acceptors (Lipinski definition) is 5. The van der Waals surface area contributed by atoms with E-state index in [0.29, 0.717) is 23.7 Å². The highest BCUT2D eigenvalue weighted by molar-refractivity contribution is 7.13. The lowest BCUT2D eigenvalue weighted by molar-refractivity contribution is -0.147. The third kappa shape index (κ3) is 5.63. The van der Waals surface area contributed by atoms with E-state index in [1.807, 2.05) is 6.92 Å². The molecule has 128 valence electrons. The molecule has 0 saturated carbocycles. The molecule has 1 aromatic rings. The highest BCUT2D eigenvalue weighted by Gasteiger charge is 2.33. The summed E-state index contributed by atoms with van der Waals surface area (Å²) < 4.78 is 0. The number of carboxylic acids is 1. The van der Waals surface area contributed by atoms with Crippen LogP contribution >= 0.6 is 11.3 Å². The number of aliphatic carboxylic acids is 1. The Morgan fingerprint density at radius 2 is 2.04 bits per heavy atom. The molecule has 0 aliphatic rings. The predicted octanol–water partition coefficient (Wildman–Crippen LogP) is 2.04. The molecule has 0 saturated heterocycles. The van der Waals surface area contributed by atoms with Crippen LogP contribution in [0.1, 0.15) is 46.2 Å². The molecule has 7 nitrogen and oxygen atoms in total. The molecule has 0 spiro atoms. The number of nitrogens with zero attached hydrogens (tertiary/aromatic N) is 1. The molecule has 0 aliphatic carbocycles. The number of amides is 2. The standard InChI is InChI=1S/C15H23N3O4S/c1-5-6-15(4,13(21)22)18-11(19)7-10-8-23-14(16-10)17-12(20)9(2)3/h8-9H,5-7H2,1-4H3,(H,18,19)(H,21,22)(H,16,17,20). The molecule has 2 amide bonds. The van der Waals surface area contributed by atoms with Gasteiger partial charge in [-0.1, -0.05) is 27.2 Å². The molecule has 0 radical (unpaired) electrons. The number of rotatable bonds is 8. The van der Waals surface area contributed by atoms with E-state index in [-0.39, 0.29) is 18.2 Å². The first-order chi connectivity index (χ1) is 10.7. The van der Waals surface area contributed by atoms with E-state index in [1.54, 1.807) is 19.2 Å². The molecule has 1 heterocycles. The molecule has 1 atom stereocenters. The highest BCUT2D eigenvalue weighted by Crippen LogP contribution is 2.18. The fourth-order valence-electron chi connectivity index (χ4n) is 1.93. The minimum absolute atomic E-state index is 0.0271. The Labute approximate surface area is 139 Å². The van der Waals surface area contributed by atoms with Crippen LogP contribution in [0.25, 0.3) is 0 Å². The van der Waals surface area contributed by atoms with Crippen molar-refractivity contribution in [3.63, 3.8) is 0 Å². The number of nitrogens with one attached hydrogen (secondary N) is 2. The van der Waals surface area contributed by atoms with Gasteiger partial charge in [0, 0.05) is 11.3 Å². The van der Waals surface area contributed by atoms with Crippen molar-refractivity contribution in [3.05, 3.63) is 11.1 Å². The van der Waals surface area contributed by atoms with Gasteiger partial charge in [-0.3, -0.25) is 9.59 Å². The highest BCUT2D eigenvalue weighted by atomic mass is 32.1. The number of aromatic nitrogens is 1. The SMILES string of the molecule is CCCC(C)(NC(=O)Cc1csc(NC(=O)C(C)C)n1)C(=O)O. The van der Waals surface area contributed by atoms with Gasteiger partial charge in [-0.25, -0.2) is 9.78 Å². The van der Waals surface area contributed by atoms with Gasteiger partial charge >= 0.3 is 5.97 Å². The van der Waals surface area contributed by atoms with Crippen LogP contribution in [0.4, 0.5) is 5.13 Å². The van der Waals surface area contributed by atoms with Gasteiger partial charge in [-0.15, -0.1) is 11.3 Å². The van der Waals surface area contributed by atoms with Crippen molar-refractivity contribution < 1.29 is 19.5 Å². The molecule has 0 aromatic carbocycles. The fourth-order valence-corrected chi connectivity index (χ4v) is 2.65. The topological polar surface area (TPSA) is 108 Å². The zero-order valence-electron chi connectivity index (χ0n) is 13.8. The van der Waals surface area contributed by atoms with Crippen LogP contribution < -0.4 is 10.6 Å². The molecule has 0 fully saturated rings. The van der Waals surface area contributed by atoms with Crippen molar-refractivity contribution in [1.82, 2.24) is 10.3 Å². The minimum Gasteiger partial charge on any atom is -0.480 e. The number of thiazole rings is 1. The largest absolute Gasteiger partial charge is 0.480 e. The summed E-state index contributed by atoms with van der Waals surface area (Å²) in [5.74, 6) is -1.76. The van der Waals surface area contributed by atoms with Gasteiger partial charge in [0.05, 0.1) is 12.1 Å². The Morgan fingerprint density at radius 1 is 1.39 bits per heavy atom. The van der Waals surface area contributed by atoms with Gasteiger partial charge in [0.2, 0.25) is 11.8 Å². The Balaban J connectivity index is 2.66. The molecule has 3 N–H and O–H groups in total. The fraction of sp³-hybridized carbons (Fsp3) is 0.600. The molecule has 1 aromatic heterocycles. The van der Waals surface area contributed by atoms with E-state index in [1.165, 1.54) is 18.3 Å². The predicted molar refractivity (Wildman–Crippen MR) is 88.4 cm³/mol. The van der Waals surface area contributed by atoms with Crippen LogP contribution in [0.2, 0.25) is 0 Å². The van der Waals surface area contributed by atoms with E-state index in [2.05, 4.69) is 15.6 Å². The van der Waals surface area contributed by atoms with Crippen LogP contribution in [-0.4, -0.2) is 33.4 Å². The average Bonchev–Trinajstić information content (AvgIpc) is 2.85. The molecule has 23 heavy (non-hydrogen) atoms. The Hall–Kier alpha value is -1.96. The van der Waals surface area contributed by atoms with Crippen LogP contribution in [-0.2, 0) is 20.8 Å². The lowest BCUT2D eigenvalue weighted by Gasteiger charge is -2.25. The second kappa shape index (κ2) is 8.05. The Kier molecular flexibility index (Phi) is 6.68. The van der Waals surface area contributed by atoms with Crippen molar-refractivity contribution in [2.24, 2.45) is 5.92 Å². The maximum absolute atomic E-state index is 12.0. The van der Waals surface area contributed by atoms with Crippen LogP contribution in [0.15, 0.2) is 5.38 Å². The molecule has 0 aliphatic heterocycles. The van der Waals surface area contributed by atoms with Crippen molar-refractivity contribution >= 4 is 34.3 Å². The van der Waals surface area contributed by atoms with Crippen molar-refractivity contribution in [3.8, 4) is 0 Å². The number of carbonyl (C=O) groups is 3. The first kappa shape index (κ1) is 19.1. The molecule has 1 unspecified atom stereocenters. The van der Waals surface area contributed by atoms with Crippen molar-refractivity contribution in [1.29, 1.82) is 0 Å². The maximum atomic E-state index is 12.0. The Bertz CT molecular complexity index is 585. The zero-order chi connectivity index (χ0) is 17.6. The van der Waals surface area contributed by atoms with E-state index in [0.717, 1.165) is 0 Å². The van der Waals surface area contributed by atoms with Gasteiger partial charge < -0.3 is 15.7 Å². The molecular formula is C15H23N3O4S. The summed E-state index contributed by atoms with van der Waals surface area (Å²) in [4.78, 5) is 39.1. The molecule has 8 heteroatoms. The van der Waals surface area contributed by atoms with Gasteiger partial charge in [-0.05, 0) is 13.3 Å². The lowest BCUT2D eigenvalue weighted by atomic mass is 9.96. The number of carbonyl (C=O) groups excluding carboxylic acids is 2. The molecular weight excluding hydrogens is 318 g/mol. The second-order valence-corrected chi connectivity index (χ2v) is 6.76. The quantitative estimate of drug-likeness (QED) is 0.670. The summed E-state index contributed by atoms with van der Waals surface area (Å²) in [7, 11) is 0. The van der Waals surface area contributed by atoms with E-state index >= 15 is 0 Å². The normalized spacial score (nSPS) is 13.4. The van der Waals surface area contributed by atoms with Crippen LogP contribution in [0.3, 0.4) is 0 Å². The molecule has 0 bridgehead atoms. The van der Waals surface area contributed by atoms with E-state index < -0.39 is 17.4 Å². The van der Waals surface area contributed by atoms with Crippen molar-refractivity contribution in [2.75, 3.05) is 5.32 Å². The smallest absolute Gasteiger partial charge is 0.329 e. The Morgan fingerprint density at radius 3 is 2.57 bits per heavy atom. The van der Waals surface area contributed by atoms with E-state index in [4.69, 9.17) is 0 Å². The maximum Gasteiger partial charge on any atom is 0.329 e. The summed E-state index contributed by atoms with van der Waals surface area (Å²) in [6.45, 7) is 6.90. The first-order valence-electron chi connectivity index (χ1n) is 7.47. The van der Waals surface area contributed by atoms with Crippen LogP contribution in [0.5, 0.6) is 0 Å². The number of hydrogen-bond donors (Lipinski definition) is 3. The van der Waals surface area contributed by atoms with Gasteiger partial charge in [0.15, 0.2) is 5.13 Å².